The number of aromatic nitrogens is 2. The highest BCUT2D eigenvalue weighted by molar-refractivity contribution is 6.21. The fourth-order valence-electron chi connectivity index (χ4n) is 4.02. The van der Waals surface area contributed by atoms with Crippen LogP contribution in [0, 0.1) is 5.92 Å². The van der Waals surface area contributed by atoms with Crippen LogP contribution in [-0.4, -0.2) is 35.3 Å². The Balaban J connectivity index is 2.43. The van der Waals surface area contributed by atoms with Crippen LogP contribution in [0.1, 0.15) is 76.3 Å². The lowest BCUT2D eigenvalue weighted by Gasteiger charge is -2.23. The number of alkyl halides is 1. The monoisotopic (exact) mass is 398 g/mol. The van der Waals surface area contributed by atoms with E-state index >= 15 is 0 Å². The van der Waals surface area contributed by atoms with Crippen LogP contribution < -0.4 is 10.3 Å². The number of esters is 1. The first-order chi connectivity index (χ1) is 13.0. The third kappa shape index (κ3) is 5.03. The Kier molecular flexibility index (Phi) is 8.14. The van der Waals surface area contributed by atoms with Crippen molar-refractivity contribution in [2.75, 3.05) is 14.2 Å². The van der Waals surface area contributed by atoms with Crippen molar-refractivity contribution in [3.05, 3.63) is 22.0 Å². The number of hydrogen-bond acceptors (Lipinski definition) is 5. The molecule has 0 bridgehead atoms. The van der Waals surface area contributed by atoms with Gasteiger partial charge in [0.05, 0.1) is 14.2 Å². The second-order valence-corrected chi connectivity index (χ2v) is 7.84. The molecule has 2 rings (SSSR count). The van der Waals surface area contributed by atoms with Crippen molar-refractivity contribution in [2.45, 2.75) is 76.1 Å². The number of hydrogen-bond donors (Lipinski definition) is 0. The van der Waals surface area contributed by atoms with Gasteiger partial charge in [-0.05, 0) is 25.2 Å². The van der Waals surface area contributed by atoms with Gasteiger partial charge in [-0.3, -0.25) is 4.79 Å². The van der Waals surface area contributed by atoms with E-state index in [2.05, 4.69) is 18.9 Å². The lowest BCUT2D eigenvalue weighted by Crippen LogP contribution is -2.34. The minimum atomic E-state index is -0.752. The van der Waals surface area contributed by atoms with Gasteiger partial charge in [-0.2, -0.15) is 0 Å². The predicted octanol–water partition coefficient (Wildman–Crippen LogP) is 4.06. The van der Waals surface area contributed by atoms with Gasteiger partial charge in [0.2, 0.25) is 5.88 Å². The van der Waals surface area contributed by atoms with Gasteiger partial charge in [-0.15, -0.1) is 16.7 Å². The van der Waals surface area contributed by atoms with E-state index in [9.17, 15) is 9.59 Å². The van der Waals surface area contributed by atoms with Gasteiger partial charge in [-0.25, -0.2) is 9.48 Å². The zero-order valence-electron chi connectivity index (χ0n) is 16.7. The van der Waals surface area contributed by atoms with Crippen molar-refractivity contribution in [1.82, 2.24) is 9.78 Å². The van der Waals surface area contributed by atoms with Crippen molar-refractivity contribution in [2.24, 2.45) is 5.92 Å². The highest BCUT2D eigenvalue weighted by Gasteiger charge is 2.33. The van der Waals surface area contributed by atoms with E-state index in [0.29, 0.717) is 18.2 Å². The molecule has 1 saturated carbocycles. The normalized spacial score (nSPS) is 21.7. The molecule has 0 radical (unpaired) electrons. The number of methoxy groups -OCH3 is 2. The molecule has 0 amide bonds. The van der Waals surface area contributed by atoms with Gasteiger partial charge in [-0.1, -0.05) is 39.5 Å². The van der Waals surface area contributed by atoms with Crippen LogP contribution in [0.2, 0.25) is 0 Å². The van der Waals surface area contributed by atoms with Gasteiger partial charge in [0.1, 0.15) is 0 Å². The van der Waals surface area contributed by atoms with Gasteiger partial charge in [0, 0.05) is 22.9 Å². The predicted molar refractivity (Wildman–Crippen MR) is 106 cm³/mol. The molecule has 1 aliphatic rings. The largest absolute Gasteiger partial charge is 0.480 e. The molecule has 0 spiro atoms. The summed E-state index contributed by atoms with van der Waals surface area (Å²) >= 11 is 6.43. The van der Waals surface area contributed by atoms with Gasteiger partial charge in [0.25, 0.3) is 5.56 Å². The second-order valence-electron chi connectivity index (χ2n) is 7.28. The number of halogens is 1. The number of carbonyl (C=O) groups is 1. The Bertz CT molecular complexity index is 691. The molecule has 1 aromatic heterocycles. The summed E-state index contributed by atoms with van der Waals surface area (Å²) in [5.74, 6) is 0.284. The van der Waals surface area contributed by atoms with Crippen molar-refractivity contribution in [1.29, 1.82) is 0 Å². The van der Waals surface area contributed by atoms with Crippen LogP contribution in [0.25, 0.3) is 0 Å². The Morgan fingerprint density at radius 1 is 1.37 bits per heavy atom. The molecule has 27 heavy (non-hydrogen) atoms. The fraction of sp³-hybridized carbons (Fsp3) is 0.750. The van der Waals surface area contributed by atoms with Crippen molar-refractivity contribution >= 4 is 17.6 Å². The molecule has 1 aromatic rings. The standard InChI is InChI=1S/C20H31ClN2O4/c1-5-8-13(6-2)11-17(20(25)27-4)23-18(24)12-15(19(22-23)26-3)14-9-7-10-16(14)21/h12-14,16-17H,5-11H2,1-4H3. The smallest absolute Gasteiger partial charge is 0.330 e. The summed E-state index contributed by atoms with van der Waals surface area (Å²) in [6, 6.07) is 0.783. The minimum Gasteiger partial charge on any atom is -0.480 e. The molecule has 6 nitrogen and oxygen atoms in total. The zero-order valence-corrected chi connectivity index (χ0v) is 17.5. The fourth-order valence-corrected chi connectivity index (χ4v) is 4.44. The lowest BCUT2D eigenvalue weighted by atomic mass is 9.93. The molecule has 0 N–H and O–H groups in total. The Morgan fingerprint density at radius 3 is 2.63 bits per heavy atom. The summed E-state index contributed by atoms with van der Waals surface area (Å²) in [7, 11) is 2.86. The number of ether oxygens (including phenoxy) is 2. The number of nitrogens with zero attached hydrogens (tertiary/aromatic N) is 2. The molecule has 7 heteroatoms. The first-order valence-corrected chi connectivity index (χ1v) is 10.3. The van der Waals surface area contributed by atoms with Crippen LogP contribution in [0.15, 0.2) is 10.9 Å². The summed E-state index contributed by atoms with van der Waals surface area (Å²) in [4.78, 5) is 25.3. The van der Waals surface area contributed by atoms with E-state index in [1.807, 2.05) is 0 Å². The number of carbonyl (C=O) groups excluding carboxylic acids is 1. The second kappa shape index (κ2) is 10.1. The summed E-state index contributed by atoms with van der Waals surface area (Å²) in [6.45, 7) is 4.21. The van der Waals surface area contributed by atoms with E-state index < -0.39 is 12.0 Å². The minimum absolute atomic E-state index is 0.0265. The summed E-state index contributed by atoms with van der Waals surface area (Å²) in [6.07, 6.45) is 6.31. The van der Waals surface area contributed by atoms with Crippen LogP contribution in [-0.2, 0) is 9.53 Å². The molecule has 1 heterocycles. The molecule has 4 unspecified atom stereocenters. The highest BCUT2D eigenvalue weighted by Crippen LogP contribution is 2.40. The lowest BCUT2D eigenvalue weighted by molar-refractivity contribution is -0.145. The highest BCUT2D eigenvalue weighted by atomic mass is 35.5. The molecule has 0 saturated heterocycles. The Hall–Kier alpha value is -1.56. The molecular formula is C20H31ClN2O4. The van der Waals surface area contributed by atoms with Crippen LogP contribution in [0.4, 0.5) is 0 Å². The third-order valence-corrected chi connectivity index (χ3v) is 6.10. The maximum Gasteiger partial charge on any atom is 0.330 e. The first kappa shape index (κ1) is 21.7. The van der Waals surface area contributed by atoms with E-state index in [0.717, 1.165) is 44.1 Å². The van der Waals surface area contributed by atoms with Gasteiger partial charge >= 0.3 is 5.97 Å². The maximum absolute atomic E-state index is 12.9. The number of rotatable bonds is 9. The topological polar surface area (TPSA) is 70.4 Å². The van der Waals surface area contributed by atoms with Gasteiger partial charge in [0.15, 0.2) is 6.04 Å². The quantitative estimate of drug-likeness (QED) is 0.463. The molecule has 1 aliphatic carbocycles. The molecular weight excluding hydrogens is 368 g/mol. The third-order valence-electron chi connectivity index (χ3n) is 5.57. The zero-order chi connectivity index (χ0) is 20.0. The van der Waals surface area contributed by atoms with E-state index in [1.54, 1.807) is 0 Å². The average molecular weight is 399 g/mol. The molecule has 152 valence electrons. The van der Waals surface area contributed by atoms with Crippen molar-refractivity contribution < 1.29 is 14.3 Å². The van der Waals surface area contributed by atoms with Crippen LogP contribution >= 0.6 is 11.6 Å². The molecule has 1 fully saturated rings. The Morgan fingerprint density at radius 2 is 2.11 bits per heavy atom. The van der Waals surface area contributed by atoms with Crippen molar-refractivity contribution in [3.63, 3.8) is 0 Å². The average Bonchev–Trinajstić information content (AvgIpc) is 3.10. The van der Waals surface area contributed by atoms with E-state index in [-0.39, 0.29) is 16.9 Å². The molecule has 0 aromatic carbocycles. The van der Waals surface area contributed by atoms with E-state index in [4.69, 9.17) is 21.1 Å². The SMILES string of the molecule is CCCC(CC)CC(C(=O)OC)n1nc(OC)c(C2CCCC2Cl)cc1=O. The van der Waals surface area contributed by atoms with Crippen molar-refractivity contribution in [3.8, 4) is 5.88 Å². The summed E-state index contributed by atoms with van der Waals surface area (Å²) in [5.41, 5.74) is 0.420. The maximum atomic E-state index is 12.9. The Labute approximate surface area is 166 Å². The molecule has 4 atom stereocenters. The van der Waals surface area contributed by atoms with Gasteiger partial charge < -0.3 is 9.47 Å². The first-order valence-electron chi connectivity index (χ1n) is 9.86. The summed E-state index contributed by atoms with van der Waals surface area (Å²) in [5, 5.41) is 4.38. The van der Waals surface area contributed by atoms with Crippen LogP contribution in [0.5, 0.6) is 5.88 Å². The van der Waals surface area contributed by atoms with E-state index in [1.165, 1.54) is 25.0 Å². The molecule has 0 aliphatic heterocycles. The van der Waals surface area contributed by atoms with Crippen LogP contribution in [0.3, 0.4) is 0 Å². The summed E-state index contributed by atoms with van der Waals surface area (Å²) < 4.78 is 11.7.